The summed E-state index contributed by atoms with van der Waals surface area (Å²) in [6, 6.07) is 0. The number of carbonyl (C=O) groups excluding carboxylic acids is 1. The molecule has 1 unspecified atom stereocenters. The van der Waals surface area contributed by atoms with Crippen molar-refractivity contribution in [2.24, 2.45) is 0 Å². The van der Waals surface area contributed by atoms with E-state index in [2.05, 4.69) is 5.32 Å². The largest absolute Gasteiger partial charge is 0.391 e. The molecule has 2 aliphatic rings. The molecular formula is C12H22N2O3. The van der Waals surface area contributed by atoms with Gasteiger partial charge in [0.2, 0.25) is 5.91 Å². The quantitative estimate of drug-likeness (QED) is 0.713. The molecule has 2 N–H and O–H groups in total. The van der Waals surface area contributed by atoms with Gasteiger partial charge in [0.15, 0.2) is 0 Å². The fourth-order valence-corrected chi connectivity index (χ4v) is 2.40. The smallest absolute Gasteiger partial charge is 0.224 e. The first kappa shape index (κ1) is 12.8. The van der Waals surface area contributed by atoms with Gasteiger partial charge < -0.3 is 20.1 Å². The number of aliphatic hydroxyl groups excluding tert-OH is 1. The SMILES string of the molecule is O=C(CCOC1CCNCC1)N1CCC(O)C1. The number of rotatable bonds is 4. The van der Waals surface area contributed by atoms with E-state index in [1.807, 2.05) is 0 Å². The second-order valence-corrected chi connectivity index (χ2v) is 4.85. The number of hydrogen-bond donors (Lipinski definition) is 2. The number of amides is 1. The van der Waals surface area contributed by atoms with Crippen LogP contribution in [0.2, 0.25) is 0 Å². The van der Waals surface area contributed by atoms with E-state index in [4.69, 9.17) is 4.74 Å². The Morgan fingerprint density at radius 3 is 2.76 bits per heavy atom. The number of β-amino-alcohol motifs (C(OH)–C–C–N with tert-alkyl or cyclic N) is 1. The van der Waals surface area contributed by atoms with E-state index in [1.165, 1.54) is 0 Å². The molecule has 0 aromatic heterocycles. The van der Waals surface area contributed by atoms with Gasteiger partial charge in [-0.1, -0.05) is 0 Å². The van der Waals surface area contributed by atoms with E-state index >= 15 is 0 Å². The first-order chi connectivity index (χ1) is 8.25. The van der Waals surface area contributed by atoms with Crippen molar-refractivity contribution in [1.29, 1.82) is 0 Å². The van der Waals surface area contributed by atoms with Crippen LogP contribution in [0, 0.1) is 0 Å². The summed E-state index contributed by atoms with van der Waals surface area (Å²) in [5, 5.41) is 12.6. The maximum Gasteiger partial charge on any atom is 0.224 e. The Balaban J connectivity index is 1.59. The lowest BCUT2D eigenvalue weighted by molar-refractivity contribution is -0.132. The maximum atomic E-state index is 11.8. The van der Waals surface area contributed by atoms with Crippen molar-refractivity contribution < 1.29 is 14.6 Å². The molecule has 2 saturated heterocycles. The van der Waals surface area contributed by atoms with Gasteiger partial charge in [-0.25, -0.2) is 0 Å². The predicted molar refractivity (Wildman–Crippen MR) is 63.7 cm³/mol. The first-order valence-electron chi connectivity index (χ1n) is 6.54. The van der Waals surface area contributed by atoms with Crippen molar-refractivity contribution in [3.05, 3.63) is 0 Å². The second kappa shape index (κ2) is 6.33. The van der Waals surface area contributed by atoms with Crippen molar-refractivity contribution in [2.75, 3.05) is 32.8 Å². The van der Waals surface area contributed by atoms with Crippen LogP contribution in [0.25, 0.3) is 0 Å². The van der Waals surface area contributed by atoms with Crippen LogP contribution in [-0.4, -0.2) is 60.9 Å². The fourth-order valence-electron chi connectivity index (χ4n) is 2.40. The van der Waals surface area contributed by atoms with Gasteiger partial charge in [0.1, 0.15) is 0 Å². The summed E-state index contributed by atoms with van der Waals surface area (Å²) in [5.41, 5.74) is 0. The van der Waals surface area contributed by atoms with E-state index in [-0.39, 0.29) is 12.0 Å². The Morgan fingerprint density at radius 2 is 2.12 bits per heavy atom. The summed E-state index contributed by atoms with van der Waals surface area (Å²) in [5.74, 6) is 0.107. The highest BCUT2D eigenvalue weighted by molar-refractivity contribution is 5.76. The van der Waals surface area contributed by atoms with Crippen molar-refractivity contribution in [2.45, 2.75) is 37.9 Å². The van der Waals surface area contributed by atoms with Gasteiger partial charge in [-0.3, -0.25) is 4.79 Å². The summed E-state index contributed by atoms with van der Waals surface area (Å²) in [4.78, 5) is 13.5. The monoisotopic (exact) mass is 242 g/mol. The fraction of sp³-hybridized carbons (Fsp3) is 0.917. The minimum atomic E-state index is -0.329. The van der Waals surface area contributed by atoms with E-state index in [0.29, 0.717) is 38.6 Å². The Hall–Kier alpha value is -0.650. The van der Waals surface area contributed by atoms with Crippen LogP contribution in [0.5, 0.6) is 0 Å². The van der Waals surface area contributed by atoms with Gasteiger partial charge in [-0.15, -0.1) is 0 Å². The molecule has 1 amide bonds. The van der Waals surface area contributed by atoms with Crippen LogP contribution in [-0.2, 0) is 9.53 Å². The molecular weight excluding hydrogens is 220 g/mol. The highest BCUT2D eigenvalue weighted by Gasteiger charge is 2.24. The molecule has 0 aromatic rings. The average molecular weight is 242 g/mol. The highest BCUT2D eigenvalue weighted by atomic mass is 16.5. The third kappa shape index (κ3) is 3.94. The van der Waals surface area contributed by atoms with Crippen molar-refractivity contribution in [1.82, 2.24) is 10.2 Å². The number of piperidine rings is 1. The zero-order valence-electron chi connectivity index (χ0n) is 10.2. The normalized spacial score (nSPS) is 26.4. The average Bonchev–Trinajstić information content (AvgIpc) is 2.77. The number of aliphatic hydroxyl groups is 1. The van der Waals surface area contributed by atoms with E-state index in [0.717, 1.165) is 25.9 Å². The van der Waals surface area contributed by atoms with Crippen molar-refractivity contribution >= 4 is 5.91 Å². The van der Waals surface area contributed by atoms with E-state index < -0.39 is 0 Å². The van der Waals surface area contributed by atoms with Crippen LogP contribution in [0.15, 0.2) is 0 Å². The number of carbonyl (C=O) groups is 1. The summed E-state index contributed by atoms with van der Waals surface area (Å²) in [6.45, 7) is 3.71. The minimum absolute atomic E-state index is 0.107. The molecule has 0 spiro atoms. The summed E-state index contributed by atoms with van der Waals surface area (Å²) in [6.07, 6.45) is 3.21. The van der Waals surface area contributed by atoms with E-state index in [1.54, 1.807) is 4.90 Å². The van der Waals surface area contributed by atoms with Gasteiger partial charge in [-0.05, 0) is 32.4 Å². The van der Waals surface area contributed by atoms with Crippen LogP contribution >= 0.6 is 0 Å². The zero-order valence-corrected chi connectivity index (χ0v) is 10.2. The molecule has 0 radical (unpaired) electrons. The number of hydrogen-bond acceptors (Lipinski definition) is 4. The molecule has 2 heterocycles. The number of nitrogens with one attached hydrogen (secondary N) is 1. The Kier molecular flexibility index (Phi) is 4.76. The summed E-state index contributed by atoms with van der Waals surface area (Å²) in [7, 11) is 0. The third-order valence-electron chi connectivity index (χ3n) is 3.47. The van der Waals surface area contributed by atoms with Gasteiger partial charge in [0, 0.05) is 13.1 Å². The van der Waals surface area contributed by atoms with Gasteiger partial charge in [0.05, 0.1) is 25.2 Å². The Labute approximate surface area is 102 Å². The molecule has 2 fully saturated rings. The molecule has 5 nitrogen and oxygen atoms in total. The molecule has 5 heteroatoms. The molecule has 1 atom stereocenters. The van der Waals surface area contributed by atoms with Crippen molar-refractivity contribution in [3.8, 4) is 0 Å². The summed E-state index contributed by atoms with van der Waals surface area (Å²) < 4.78 is 5.69. The maximum absolute atomic E-state index is 11.8. The van der Waals surface area contributed by atoms with Gasteiger partial charge in [0.25, 0.3) is 0 Å². The molecule has 0 saturated carbocycles. The van der Waals surface area contributed by atoms with Crippen LogP contribution in [0.1, 0.15) is 25.7 Å². The number of likely N-dealkylation sites (tertiary alicyclic amines) is 1. The summed E-state index contributed by atoms with van der Waals surface area (Å²) >= 11 is 0. The molecule has 0 bridgehead atoms. The zero-order chi connectivity index (χ0) is 12.1. The molecule has 17 heavy (non-hydrogen) atoms. The molecule has 2 aliphatic heterocycles. The first-order valence-corrected chi connectivity index (χ1v) is 6.54. The number of nitrogens with zero attached hydrogens (tertiary/aromatic N) is 1. The van der Waals surface area contributed by atoms with Crippen LogP contribution in [0.4, 0.5) is 0 Å². The highest BCUT2D eigenvalue weighted by Crippen LogP contribution is 2.11. The van der Waals surface area contributed by atoms with E-state index in [9.17, 15) is 9.90 Å². The predicted octanol–water partition coefficient (Wildman–Crippen LogP) is -0.262. The molecule has 0 aliphatic carbocycles. The molecule has 98 valence electrons. The third-order valence-corrected chi connectivity index (χ3v) is 3.47. The Bertz CT molecular complexity index is 254. The standard InChI is InChI=1S/C12H22N2O3/c15-10-3-7-14(9-10)12(16)4-8-17-11-1-5-13-6-2-11/h10-11,13,15H,1-9H2. The lowest BCUT2D eigenvalue weighted by atomic mass is 10.1. The van der Waals surface area contributed by atoms with Crippen LogP contribution < -0.4 is 5.32 Å². The molecule has 0 aromatic carbocycles. The second-order valence-electron chi connectivity index (χ2n) is 4.85. The van der Waals surface area contributed by atoms with Gasteiger partial charge >= 0.3 is 0 Å². The lowest BCUT2D eigenvalue weighted by Gasteiger charge is -2.23. The topological polar surface area (TPSA) is 61.8 Å². The Morgan fingerprint density at radius 1 is 1.35 bits per heavy atom. The van der Waals surface area contributed by atoms with Gasteiger partial charge in [-0.2, -0.15) is 0 Å². The van der Waals surface area contributed by atoms with Crippen LogP contribution in [0.3, 0.4) is 0 Å². The van der Waals surface area contributed by atoms with Crippen molar-refractivity contribution in [3.63, 3.8) is 0 Å². The minimum Gasteiger partial charge on any atom is -0.391 e. The number of ether oxygens (including phenoxy) is 1. The molecule has 2 rings (SSSR count). The lowest BCUT2D eigenvalue weighted by Crippen LogP contribution is -2.34.